The number of carboxylic acids is 1. The van der Waals surface area contributed by atoms with Gasteiger partial charge in [0.25, 0.3) is 0 Å². The van der Waals surface area contributed by atoms with Crippen molar-refractivity contribution in [3.8, 4) is 0 Å². The first-order valence-electron chi connectivity index (χ1n) is 11.2. The number of rotatable bonds is 5. The predicted molar refractivity (Wildman–Crippen MR) is 113 cm³/mol. The molecule has 1 saturated heterocycles. The molecule has 4 rings (SSSR count). The maximum Gasteiger partial charge on any atom is 0.435 e. The third-order valence-corrected chi connectivity index (χ3v) is 6.53. The molecule has 1 aromatic heterocycles. The lowest BCUT2D eigenvalue weighted by atomic mass is 10.0. The van der Waals surface area contributed by atoms with Crippen LogP contribution in [0.3, 0.4) is 0 Å². The van der Waals surface area contributed by atoms with Gasteiger partial charge in [-0.25, -0.2) is 4.39 Å². The summed E-state index contributed by atoms with van der Waals surface area (Å²) in [7, 11) is 0. The lowest BCUT2D eigenvalue weighted by Crippen LogP contribution is -2.43. The number of benzene rings is 1. The van der Waals surface area contributed by atoms with E-state index in [4.69, 9.17) is 0 Å². The average molecular weight is 482 g/mol. The molecule has 1 aromatic carbocycles. The Hall–Kier alpha value is -2.95. The second-order valence-corrected chi connectivity index (χ2v) is 8.86. The van der Waals surface area contributed by atoms with Crippen LogP contribution in [0.5, 0.6) is 0 Å². The van der Waals surface area contributed by atoms with Crippen LogP contribution in [-0.4, -0.2) is 62.7 Å². The van der Waals surface area contributed by atoms with Gasteiger partial charge in [-0.15, -0.1) is 0 Å². The normalized spacial score (nSPS) is 19.5. The van der Waals surface area contributed by atoms with Crippen LogP contribution in [0.2, 0.25) is 0 Å². The number of carboxylic acid groups (broad SMARTS) is 1. The minimum absolute atomic E-state index is 0.00400. The molecule has 2 aromatic rings. The molecule has 1 atom stereocenters. The van der Waals surface area contributed by atoms with E-state index >= 15 is 0 Å². The average Bonchev–Trinajstić information content (AvgIpc) is 2.98. The largest absolute Gasteiger partial charge is 0.481 e. The SMILES string of the molecule is O=C(O)C1CCCN(CC(=O)N2CCc3c(C(F)(F)F)nn(Cc4ccc(F)cc4)c3C2)CC1. The van der Waals surface area contributed by atoms with E-state index in [0.717, 1.165) is 0 Å². The van der Waals surface area contributed by atoms with Crippen molar-refractivity contribution in [2.45, 2.75) is 44.9 Å². The van der Waals surface area contributed by atoms with Crippen LogP contribution in [0.15, 0.2) is 24.3 Å². The Morgan fingerprint density at radius 3 is 2.50 bits per heavy atom. The number of hydrogen-bond acceptors (Lipinski definition) is 4. The molecule has 11 heteroatoms. The number of hydrogen-bond donors (Lipinski definition) is 1. The molecule has 1 amide bonds. The Bertz CT molecular complexity index is 1050. The van der Waals surface area contributed by atoms with Crippen molar-refractivity contribution < 1.29 is 32.3 Å². The lowest BCUT2D eigenvalue weighted by Gasteiger charge is -2.30. The van der Waals surface area contributed by atoms with Crippen LogP contribution in [0.4, 0.5) is 17.6 Å². The van der Waals surface area contributed by atoms with Crippen LogP contribution in [0.1, 0.15) is 41.8 Å². The summed E-state index contributed by atoms with van der Waals surface area (Å²) in [4.78, 5) is 27.7. The molecule has 2 aliphatic heterocycles. The Kier molecular flexibility index (Phi) is 6.92. The number of fused-ring (bicyclic) bond motifs is 1. The van der Waals surface area contributed by atoms with Crippen molar-refractivity contribution in [2.75, 3.05) is 26.2 Å². The second-order valence-electron chi connectivity index (χ2n) is 8.86. The van der Waals surface area contributed by atoms with E-state index in [-0.39, 0.29) is 44.1 Å². The number of nitrogens with zero attached hydrogens (tertiary/aromatic N) is 4. The Balaban J connectivity index is 1.50. The van der Waals surface area contributed by atoms with Crippen LogP contribution in [0.25, 0.3) is 0 Å². The van der Waals surface area contributed by atoms with Crippen molar-refractivity contribution in [2.24, 2.45) is 5.92 Å². The lowest BCUT2D eigenvalue weighted by molar-refractivity contribution is -0.143. The van der Waals surface area contributed by atoms with Crippen molar-refractivity contribution in [3.05, 3.63) is 52.6 Å². The van der Waals surface area contributed by atoms with Crippen LogP contribution in [0, 0.1) is 11.7 Å². The fourth-order valence-corrected chi connectivity index (χ4v) is 4.67. The number of halogens is 4. The van der Waals surface area contributed by atoms with E-state index in [1.54, 1.807) is 0 Å². The van der Waals surface area contributed by atoms with Gasteiger partial charge in [0, 0.05) is 12.1 Å². The number of carbonyl (C=O) groups excluding carboxylic acids is 1. The summed E-state index contributed by atoms with van der Waals surface area (Å²) in [5, 5.41) is 13.1. The molecule has 2 aliphatic rings. The molecule has 1 unspecified atom stereocenters. The molecule has 34 heavy (non-hydrogen) atoms. The number of alkyl halides is 3. The second kappa shape index (κ2) is 9.73. The molecule has 0 bridgehead atoms. The highest BCUT2D eigenvalue weighted by atomic mass is 19.4. The molecule has 3 heterocycles. The first-order chi connectivity index (χ1) is 16.1. The first-order valence-corrected chi connectivity index (χ1v) is 11.2. The molecule has 0 aliphatic carbocycles. The molecular formula is C23H26F4N4O3. The highest BCUT2D eigenvalue weighted by Crippen LogP contribution is 2.35. The molecule has 0 spiro atoms. The van der Waals surface area contributed by atoms with Crippen LogP contribution in [-0.2, 0) is 35.3 Å². The highest BCUT2D eigenvalue weighted by Gasteiger charge is 2.41. The molecule has 7 nitrogen and oxygen atoms in total. The van der Waals surface area contributed by atoms with Gasteiger partial charge >= 0.3 is 12.1 Å². The minimum atomic E-state index is -4.61. The topological polar surface area (TPSA) is 78.7 Å². The smallest absolute Gasteiger partial charge is 0.435 e. The van der Waals surface area contributed by atoms with Crippen LogP contribution < -0.4 is 0 Å². The molecular weight excluding hydrogens is 456 g/mol. The Morgan fingerprint density at radius 1 is 1.09 bits per heavy atom. The van der Waals surface area contributed by atoms with E-state index in [9.17, 15) is 32.3 Å². The van der Waals surface area contributed by atoms with Gasteiger partial charge in [-0.05, 0) is 56.5 Å². The molecule has 0 saturated carbocycles. The summed E-state index contributed by atoms with van der Waals surface area (Å²) in [6.07, 6.45) is -2.87. The number of likely N-dealkylation sites (tertiary alicyclic amines) is 1. The molecule has 0 radical (unpaired) electrons. The Morgan fingerprint density at radius 2 is 1.82 bits per heavy atom. The summed E-state index contributed by atoms with van der Waals surface area (Å²) in [5.74, 6) is -1.89. The highest BCUT2D eigenvalue weighted by molar-refractivity contribution is 5.78. The van der Waals surface area contributed by atoms with Gasteiger partial charge < -0.3 is 10.0 Å². The van der Waals surface area contributed by atoms with E-state index in [1.165, 1.54) is 33.8 Å². The fraction of sp³-hybridized carbons (Fsp3) is 0.522. The van der Waals surface area contributed by atoms with Gasteiger partial charge in [0.1, 0.15) is 5.82 Å². The van der Waals surface area contributed by atoms with Crippen LogP contribution >= 0.6 is 0 Å². The third-order valence-electron chi connectivity index (χ3n) is 6.53. The van der Waals surface area contributed by atoms with Gasteiger partial charge in [-0.1, -0.05) is 12.1 Å². The third kappa shape index (κ3) is 5.40. The number of aromatic nitrogens is 2. The van der Waals surface area contributed by atoms with Crippen molar-refractivity contribution >= 4 is 11.9 Å². The zero-order chi connectivity index (χ0) is 24.5. The molecule has 1 N–H and O–H groups in total. The Labute approximate surface area is 193 Å². The minimum Gasteiger partial charge on any atom is -0.481 e. The number of carbonyl (C=O) groups is 2. The molecule has 1 fully saturated rings. The summed E-state index contributed by atoms with van der Waals surface area (Å²) in [5.41, 5.74) is 0.0844. The zero-order valence-corrected chi connectivity index (χ0v) is 18.5. The van der Waals surface area contributed by atoms with E-state index in [2.05, 4.69) is 5.10 Å². The maximum absolute atomic E-state index is 13.6. The summed E-state index contributed by atoms with van der Waals surface area (Å²) < 4.78 is 55.3. The summed E-state index contributed by atoms with van der Waals surface area (Å²) in [6.45, 7) is 1.38. The van der Waals surface area contributed by atoms with Gasteiger partial charge in [0.15, 0.2) is 5.69 Å². The van der Waals surface area contributed by atoms with Crippen molar-refractivity contribution in [1.29, 1.82) is 0 Å². The monoisotopic (exact) mass is 482 g/mol. The summed E-state index contributed by atoms with van der Waals surface area (Å²) >= 11 is 0. The van der Waals surface area contributed by atoms with Gasteiger partial charge in [0.05, 0.1) is 31.2 Å². The standard InChI is InChI=1S/C23H26F4N4O3/c24-17-5-3-15(4-6-17)12-31-19-13-30(11-8-18(19)21(28-31)23(25,26)27)20(32)14-29-9-1-2-16(7-10-29)22(33)34/h3-6,16H,1-2,7-14H2,(H,33,34). The number of amides is 1. The molecule has 184 valence electrons. The van der Waals surface area contributed by atoms with Crippen molar-refractivity contribution in [3.63, 3.8) is 0 Å². The first kappa shape index (κ1) is 24.2. The zero-order valence-electron chi connectivity index (χ0n) is 18.5. The van der Waals surface area contributed by atoms with Gasteiger partial charge in [-0.2, -0.15) is 18.3 Å². The number of aliphatic carboxylic acids is 1. The van der Waals surface area contributed by atoms with E-state index in [1.807, 2.05) is 4.90 Å². The fourth-order valence-electron chi connectivity index (χ4n) is 4.67. The predicted octanol–water partition coefficient (Wildman–Crippen LogP) is 3.16. The van der Waals surface area contributed by atoms with Gasteiger partial charge in [-0.3, -0.25) is 19.2 Å². The van der Waals surface area contributed by atoms with E-state index < -0.39 is 29.6 Å². The van der Waals surface area contributed by atoms with E-state index in [0.29, 0.717) is 43.6 Å². The van der Waals surface area contributed by atoms with Gasteiger partial charge in [0.2, 0.25) is 5.91 Å². The quantitative estimate of drug-likeness (QED) is 0.663. The summed E-state index contributed by atoms with van der Waals surface area (Å²) in [6, 6.07) is 5.46. The van der Waals surface area contributed by atoms with Crippen molar-refractivity contribution in [1.82, 2.24) is 19.6 Å². The maximum atomic E-state index is 13.6.